The van der Waals surface area contributed by atoms with Crippen LogP contribution >= 0.6 is 38.9 Å². The first kappa shape index (κ1) is 10.0. The van der Waals surface area contributed by atoms with E-state index in [0.29, 0.717) is 17.4 Å². The van der Waals surface area contributed by atoms with Gasteiger partial charge in [0.2, 0.25) is 0 Å². The third-order valence-corrected chi connectivity index (χ3v) is 3.73. The average Bonchev–Trinajstić information content (AvgIpc) is 2.67. The van der Waals surface area contributed by atoms with Crippen LogP contribution < -0.4 is 5.73 Å². The molecular formula is C8H7BrClN3S. The van der Waals surface area contributed by atoms with E-state index in [1.54, 1.807) is 22.2 Å². The molecule has 0 aliphatic carbocycles. The van der Waals surface area contributed by atoms with Crippen molar-refractivity contribution in [2.45, 2.75) is 6.54 Å². The molecule has 0 unspecified atom stereocenters. The van der Waals surface area contributed by atoms with Crippen molar-refractivity contribution in [1.82, 2.24) is 9.78 Å². The van der Waals surface area contributed by atoms with Crippen LogP contribution in [0.5, 0.6) is 0 Å². The van der Waals surface area contributed by atoms with Crippen LogP contribution in [0.4, 0.5) is 5.82 Å². The van der Waals surface area contributed by atoms with Gasteiger partial charge in [-0.15, -0.1) is 11.3 Å². The second-order valence-electron chi connectivity index (χ2n) is 2.77. The quantitative estimate of drug-likeness (QED) is 0.925. The number of rotatable bonds is 2. The smallest absolute Gasteiger partial charge is 0.140 e. The summed E-state index contributed by atoms with van der Waals surface area (Å²) in [4.78, 5) is 1.18. The van der Waals surface area contributed by atoms with E-state index < -0.39 is 0 Å². The lowest BCUT2D eigenvalue weighted by molar-refractivity contribution is 0.705. The molecule has 2 aromatic heterocycles. The molecule has 0 aromatic carbocycles. The minimum absolute atomic E-state index is 0.501. The standard InChI is InChI=1S/C8H7BrClN3S/c9-5-1-6(14-4-5)3-13-8(11)7(10)2-12-13/h1-2,4H,3,11H2. The summed E-state index contributed by atoms with van der Waals surface area (Å²) < 4.78 is 2.76. The molecule has 2 aromatic rings. The van der Waals surface area contributed by atoms with E-state index in [2.05, 4.69) is 21.0 Å². The number of aromatic nitrogens is 2. The number of nitrogen functional groups attached to an aromatic ring is 1. The number of halogens is 2. The Labute approximate surface area is 98.6 Å². The molecule has 3 nitrogen and oxygen atoms in total. The van der Waals surface area contributed by atoms with E-state index >= 15 is 0 Å². The highest BCUT2D eigenvalue weighted by molar-refractivity contribution is 9.10. The molecule has 6 heteroatoms. The average molecular weight is 293 g/mol. The zero-order valence-corrected chi connectivity index (χ0v) is 10.2. The highest BCUT2D eigenvalue weighted by Crippen LogP contribution is 2.23. The topological polar surface area (TPSA) is 43.8 Å². The van der Waals surface area contributed by atoms with Gasteiger partial charge in [-0.25, -0.2) is 4.68 Å². The van der Waals surface area contributed by atoms with Crippen molar-refractivity contribution >= 4 is 44.7 Å². The van der Waals surface area contributed by atoms with Gasteiger partial charge in [-0.3, -0.25) is 0 Å². The van der Waals surface area contributed by atoms with E-state index in [1.807, 2.05) is 11.4 Å². The van der Waals surface area contributed by atoms with E-state index in [9.17, 15) is 0 Å². The number of anilines is 1. The summed E-state index contributed by atoms with van der Waals surface area (Å²) in [6, 6.07) is 2.04. The number of nitrogens with zero attached hydrogens (tertiary/aromatic N) is 2. The summed E-state index contributed by atoms with van der Waals surface area (Å²) >= 11 is 10.8. The molecule has 0 fully saturated rings. The Kier molecular flexibility index (Phi) is 2.80. The first-order valence-corrected chi connectivity index (χ1v) is 5.91. The molecule has 0 saturated heterocycles. The van der Waals surface area contributed by atoms with E-state index in [-0.39, 0.29) is 0 Å². The van der Waals surface area contributed by atoms with E-state index in [4.69, 9.17) is 17.3 Å². The van der Waals surface area contributed by atoms with Crippen LogP contribution in [0.15, 0.2) is 22.1 Å². The van der Waals surface area contributed by atoms with Crippen molar-refractivity contribution in [3.8, 4) is 0 Å². The Morgan fingerprint density at radius 3 is 2.93 bits per heavy atom. The van der Waals surface area contributed by atoms with Crippen LogP contribution in [-0.4, -0.2) is 9.78 Å². The summed E-state index contributed by atoms with van der Waals surface area (Å²) in [7, 11) is 0. The minimum Gasteiger partial charge on any atom is -0.383 e. The Bertz CT molecular complexity index is 451. The lowest BCUT2D eigenvalue weighted by Crippen LogP contribution is -2.04. The maximum absolute atomic E-state index is 5.79. The molecule has 0 atom stereocenters. The Morgan fingerprint density at radius 1 is 1.64 bits per heavy atom. The zero-order chi connectivity index (χ0) is 10.1. The fraction of sp³-hybridized carbons (Fsp3) is 0.125. The van der Waals surface area contributed by atoms with Crippen molar-refractivity contribution in [3.05, 3.63) is 32.0 Å². The molecule has 0 spiro atoms. The first-order valence-electron chi connectivity index (χ1n) is 3.86. The molecule has 0 amide bonds. The van der Waals surface area contributed by atoms with Crippen LogP contribution in [0.1, 0.15) is 4.88 Å². The molecule has 0 bridgehead atoms. The summed E-state index contributed by atoms with van der Waals surface area (Å²) in [6.45, 7) is 0.662. The number of hydrogen-bond donors (Lipinski definition) is 1. The van der Waals surface area contributed by atoms with Crippen molar-refractivity contribution in [3.63, 3.8) is 0 Å². The predicted molar refractivity (Wildman–Crippen MR) is 62.8 cm³/mol. The summed E-state index contributed by atoms with van der Waals surface area (Å²) in [5.74, 6) is 0.510. The minimum atomic E-state index is 0.501. The molecule has 0 saturated carbocycles. The van der Waals surface area contributed by atoms with Crippen LogP contribution in [0, 0.1) is 0 Å². The van der Waals surface area contributed by atoms with Gasteiger partial charge in [0.1, 0.15) is 10.8 Å². The monoisotopic (exact) mass is 291 g/mol. The largest absolute Gasteiger partial charge is 0.383 e. The summed E-state index contributed by atoms with van der Waals surface area (Å²) in [5.41, 5.74) is 5.72. The Morgan fingerprint density at radius 2 is 2.43 bits per heavy atom. The fourth-order valence-electron chi connectivity index (χ4n) is 1.08. The number of nitrogens with two attached hydrogens (primary N) is 1. The van der Waals surface area contributed by atoms with Crippen molar-refractivity contribution in [1.29, 1.82) is 0 Å². The maximum atomic E-state index is 5.79. The highest BCUT2D eigenvalue weighted by atomic mass is 79.9. The highest BCUT2D eigenvalue weighted by Gasteiger charge is 2.06. The zero-order valence-electron chi connectivity index (χ0n) is 7.08. The van der Waals surface area contributed by atoms with Gasteiger partial charge in [0, 0.05) is 14.7 Å². The van der Waals surface area contributed by atoms with Gasteiger partial charge in [-0.1, -0.05) is 11.6 Å². The third kappa shape index (κ3) is 1.94. The Balaban J connectivity index is 2.22. The lowest BCUT2D eigenvalue weighted by atomic mass is 10.4. The number of thiophene rings is 1. The second kappa shape index (κ2) is 3.92. The Hall–Kier alpha value is -0.520. The van der Waals surface area contributed by atoms with E-state index in [1.165, 1.54) is 4.88 Å². The molecule has 2 heterocycles. The van der Waals surface area contributed by atoms with Gasteiger partial charge in [0.15, 0.2) is 0 Å². The van der Waals surface area contributed by atoms with Crippen LogP contribution in [-0.2, 0) is 6.54 Å². The van der Waals surface area contributed by atoms with Crippen molar-refractivity contribution in [2.75, 3.05) is 5.73 Å². The molecule has 0 aliphatic heterocycles. The summed E-state index contributed by atoms with van der Waals surface area (Å²) in [5, 5.41) is 6.60. The SMILES string of the molecule is Nc1c(Cl)cnn1Cc1cc(Br)cs1. The molecule has 2 rings (SSSR count). The third-order valence-electron chi connectivity index (χ3n) is 1.76. The van der Waals surface area contributed by atoms with Gasteiger partial charge < -0.3 is 5.73 Å². The summed E-state index contributed by atoms with van der Waals surface area (Å²) in [6.07, 6.45) is 1.56. The molecule has 74 valence electrons. The van der Waals surface area contributed by atoms with Crippen LogP contribution in [0.25, 0.3) is 0 Å². The van der Waals surface area contributed by atoms with Gasteiger partial charge in [0.25, 0.3) is 0 Å². The van der Waals surface area contributed by atoms with Gasteiger partial charge in [-0.2, -0.15) is 5.10 Å². The molecule has 0 radical (unpaired) electrons. The number of hydrogen-bond acceptors (Lipinski definition) is 3. The van der Waals surface area contributed by atoms with Gasteiger partial charge in [0.05, 0.1) is 12.7 Å². The first-order chi connectivity index (χ1) is 6.66. The van der Waals surface area contributed by atoms with Crippen molar-refractivity contribution < 1.29 is 0 Å². The maximum Gasteiger partial charge on any atom is 0.140 e. The van der Waals surface area contributed by atoms with E-state index in [0.717, 1.165) is 4.47 Å². The molecule has 0 aliphatic rings. The molecule has 14 heavy (non-hydrogen) atoms. The molecule has 2 N–H and O–H groups in total. The van der Waals surface area contributed by atoms with Crippen molar-refractivity contribution in [2.24, 2.45) is 0 Å². The predicted octanol–water partition coefficient (Wildman–Crippen LogP) is 2.99. The normalized spacial score (nSPS) is 10.7. The molecular weight excluding hydrogens is 286 g/mol. The van der Waals surface area contributed by atoms with Gasteiger partial charge >= 0.3 is 0 Å². The van der Waals surface area contributed by atoms with Gasteiger partial charge in [-0.05, 0) is 22.0 Å². The fourth-order valence-corrected chi connectivity index (χ4v) is 2.66. The lowest BCUT2D eigenvalue weighted by Gasteiger charge is -2.00. The van der Waals surface area contributed by atoms with Crippen LogP contribution in [0.2, 0.25) is 5.02 Å². The second-order valence-corrected chi connectivity index (χ2v) is 5.09. The van der Waals surface area contributed by atoms with Crippen LogP contribution in [0.3, 0.4) is 0 Å².